The third-order valence-electron chi connectivity index (χ3n) is 4.55. The smallest absolute Gasteiger partial charge is 0.291 e. The largest absolute Gasteiger partial charge is 0.493 e. The van der Waals surface area contributed by atoms with E-state index in [1.165, 1.54) is 21.3 Å². The zero-order chi connectivity index (χ0) is 21.3. The summed E-state index contributed by atoms with van der Waals surface area (Å²) in [7, 11) is 4.36. The monoisotopic (exact) mass is 391 g/mol. The van der Waals surface area contributed by atoms with E-state index in [0.29, 0.717) is 34.2 Å². The molecule has 146 valence electrons. The van der Waals surface area contributed by atoms with Gasteiger partial charge in [0.15, 0.2) is 17.1 Å². The zero-order valence-electron chi connectivity index (χ0n) is 16.5. The Morgan fingerprint density at radius 3 is 2.00 bits per heavy atom. The van der Waals surface area contributed by atoms with Crippen molar-refractivity contribution in [2.75, 3.05) is 21.3 Å². The second-order valence-electron chi connectivity index (χ2n) is 6.09. The summed E-state index contributed by atoms with van der Waals surface area (Å²) in [4.78, 5) is 17.3. The average Bonchev–Trinajstić information content (AvgIpc) is 2.73. The maximum Gasteiger partial charge on any atom is 0.291 e. The summed E-state index contributed by atoms with van der Waals surface area (Å²) in [5.41, 5.74) is 0.833. The number of rotatable bonds is 4. The highest BCUT2D eigenvalue weighted by Gasteiger charge is 2.24. The van der Waals surface area contributed by atoms with Crippen LogP contribution < -0.4 is 19.8 Å². The quantitative estimate of drug-likeness (QED) is 0.663. The van der Waals surface area contributed by atoms with Gasteiger partial charge in [-0.2, -0.15) is 20.1 Å². The molecule has 0 spiro atoms. The van der Waals surface area contributed by atoms with Crippen molar-refractivity contribution < 1.29 is 14.2 Å². The third kappa shape index (κ3) is 2.99. The van der Waals surface area contributed by atoms with Gasteiger partial charge < -0.3 is 14.2 Å². The van der Waals surface area contributed by atoms with Gasteiger partial charge in [-0.25, -0.2) is 4.98 Å². The fourth-order valence-corrected chi connectivity index (χ4v) is 3.03. The molecule has 9 heteroatoms. The predicted molar refractivity (Wildman–Crippen MR) is 103 cm³/mol. The summed E-state index contributed by atoms with van der Waals surface area (Å²) in [6, 6.07) is 7.11. The van der Waals surface area contributed by atoms with Gasteiger partial charge in [-0.1, -0.05) is 0 Å². The van der Waals surface area contributed by atoms with E-state index in [-0.39, 0.29) is 22.3 Å². The van der Waals surface area contributed by atoms with Crippen molar-refractivity contribution in [1.82, 2.24) is 14.6 Å². The molecule has 0 radical (unpaired) electrons. The number of nitrogens with zero attached hydrogens (tertiary/aromatic N) is 5. The van der Waals surface area contributed by atoms with Gasteiger partial charge in [0.25, 0.3) is 5.56 Å². The summed E-state index contributed by atoms with van der Waals surface area (Å²) < 4.78 is 17.0. The minimum atomic E-state index is -0.666. The maximum atomic E-state index is 13.0. The van der Waals surface area contributed by atoms with Crippen molar-refractivity contribution in [2.24, 2.45) is 0 Å². The van der Waals surface area contributed by atoms with E-state index in [9.17, 15) is 15.3 Å². The highest BCUT2D eigenvalue weighted by molar-refractivity contribution is 5.84. The number of benzene rings is 1. The van der Waals surface area contributed by atoms with Crippen molar-refractivity contribution in [3.05, 3.63) is 45.0 Å². The molecule has 2 aromatic heterocycles. The summed E-state index contributed by atoms with van der Waals surface area (Å²) in [6.45, 7) is 3.42. The van der Waals surface area contributed by atoms with Gasteiger partial charge >= 0.3 is 0 Å². The van der Waals surface area contributed by atoms with E-state index in [1.807, 2.05) is 6.07 Å². The first-order chi connectivity index (χ1) is 13.9. The molecule has 0 saturated heterocycles. The molecule has 3 aromatic rings. The fraction of sp³-hybridized carbons (Fsp3) is 0.250. The Bertz CT molecular complexity index is 1260. The summed E-state index contributed by atoms with van der Waals surface area (Å²) >= 11 is 0. The van der Waals surface area contributed by atoms with Crippen LogP contribution >= 0.6 is 0 Å². The molecular formula is C20H17N5O4. The Morgan fingerprint density at radius 2 is 1.52 bits per heavy atom. The topological polar surface area (TPSA) is 123 Å². The van der Waals surface area contributed by atoms with Crippen LogP contribution in [-0.4, -0.2) is 35.9 Å². The lowest BCUT2D eigenvalue weighted by molar-refractivity contribution is 0.324. The third-order valence-corrected chi connectivity index (χ3v) is 4.55. The first-order valence-electron chi connectivity index (χ1n) is 8.46. The Balaban J connectivity index is 2.54. The lowest BCUT2D eigenvalue weighted by Gasteiger charge is -2.16. The van der Waals surface area contributed by atoms with Crippen LogP contribution in [0.3, 0.4) is 0 Å². The molecule has 3 rings (SSSR count). The molecule has 0 aliphatic carbocycles. The van der Waals surface area contributed by atoms with E-state index in [2.05, 4.69) is 16.2 Å². The standard InChI is InChI=1S/C20H17N5O4/c1-10-11(2)24-25-19(23-10)13(8-21)17(14(9-22)20(25)26)12-6-15(27-3)18(29-5)16(7-12)28-4/h6-7H,1-5H3. The van der Waals surface area contributed by atoms with Crippen molar-refractivity contribution >= 4 is 5.65 Å². The average molecular weight is 391 g/mol. The first-order valence-corrected chi connectivity index (χ1v) is 8.46. The Morgan fingerprint density at radius 1 is 0.931 bits per heavy atom. The summed E-state index contributed by atoms with van der Waals surface area (Å²) in [6.07, 6.45) is 0. The second-order valence-corrected chi connectivity index (χ2v) is 6.09. The Labute approximate surface area is 166 Å². The summed E-state index contributed by atoms with van der Waals surface area (Å²) in [5, 5.41) is 23.8. The molecule has 0 saturated carbocycles. The van der Waals surface area contributed by atoms with Crippen molar-refractivity contribution in [1.29, 1.82) is 10.5 Å². The molecule has 1 aromatic carbocycles. The molecule has 0 atom stereocenters. The lowest BCUT2D eigenvalue weighted by Crippen LogP contribution is -2.24. The molecule has 0 amide bonds. The van der Waals surface area contributed by atoms with Gasteiger partial charge in [-0.3, -0.25) is 4.79 Å². The molecule has 2 heterocycles. The van der Waals surface area contributed by atoms with E-state index in [4.69, 9.17) is 14.2 Å². The molecule has 29 heavy (non-hydrogen) atoms. The highest BCUT2D eigenvalue weighted by atomic mass is 16.5. The SMILES string of the molecule is COc1cc(-c2c(C#N)c(=O)n3nc(C)c(C)nc3c2C#N)cc(OC)c1OC. The van der Waals surface area contributed by atoms with Gasteiger partial charge in [-0.05, 0) is 31.5 Å². The van der Waals surface area contributed by atoms with Crippen LogP contribution in [-0.2, 0) is 0 Å². The molecule has 9 nitrogen and oxygen atoms in total. The molecule has 0 bridgehead atoms. The van der Waals surface area contributed by atoms with E-state index in [0.717, 1.165) is 4.52 Å². The molecule has 0 fully saturated rings. The van der Waals surface area contributed by atoms with Crippen molar-refractivity contribution in [3.8, 4) is 40.5 Å². The lowest BCUT2D eigenvalue weighted by atomic mass is 9.96. The number of hydrogen-bond acceptors (Lipinski definition) is 8. The first kappa shape index (κ1) is 19.6. The number of fused-ring (bicyclic) bond motifs is 1. The normalized spacial score (nSPS) is 10.3. The summed E-state index contributed by atoms with van der Waals surface area (Å²) in [5.74, 6) is 0.988. The minimum Gasteiger partial charge on any atom is -0.493 e. The van der Waals surface area contributed by atoms with Gasteiger partial charge in [0, 0.05) is 5.56 Å². The van der Waals surface area contributed by atoms with Crippen LogP contribution in [0.4, 0.5) is 0 Å². The van der Waals surface area contributed by atoms with Crippen LogP contribution in [0.1, 0.15) is 22.5 Å². The number of pyridine rings is 1. The molecule has 0 aliphatic rings. The van der Waals surface area contributed by atoms with Crippen LogP contribution in [0.2, 0.25) is 0 Å². The number of hydrogen-bond donors (Lipinski definition) is 0. The van der Waals surface area contributed by atoms with Crippen LogP contribution in [0.15, 0.2) is 16.9 Å². The Hall–Kier alpha value is -4.11. The minimum absolute atomic E-state index is 0.0472. The number of methoxy groups -OCH3 is 3. The van der Waals surface area contributed by atoms with Crippen LogP contribution in [0.25, 0.3) is 16.8 Å². The maximum absolute atomic E-state index is 13.0. The second kappa shape index (κ2) is 7.49. The van der Waals surface area contributed by atoms with Crippen LogP contribution in [0, 0.1) is 36.5 Å². The highest BCUT2D eigenvalue weighted by Crippen LogP contribution is 2.42. The van der Waals surface area contributed by atoms with Gasteiger partial charge in [0.1, 0.15) is 23.3 Å². The number of aromatic nitrogens is 3. The van der Waals surface area contributed by atoms with E-state index < -0.39 is 5.56 Å². The van der Waals surface area contributed by atoms with Crippen LogP contribution in [0.5, 0.6) is 17.2 Å². The predicted octanol–water partition coefficient (Wildman–Crippen LogP) is 2.14. The van der Waals surface area contributed by atoms with E-state index >= 15 is 0 Å². The fourth-order valence-electron chi connectivity index (χ4n) is 3.03. The zero-order valence-corrected chi connectivity index (χ0v) is 16.5. The van der Waals surface area contributed by atoms with Gasteiger partial charge in [0.05, 0.1) is 32.7 Å². The molecule has 0 aliphatic heterocycles. The number of aryl methyl sites for hydroxylation is 2. The Kier molecular flexibility index (Phi) is 5.07. The number of ether oxygens (including phenoxy) is 3. The number of nitriles is 2. The molecule has 0 N–H and O–H groups in total. The molecule has 0 unspecified atom stereocenters. The van der Waals surface area contributed by atoms with Crippen molar-refractivity contribution in [2.45, 2.75) is 13.8 Å². The van der Waals surface area contributed by atoms with E-state index in [1.54, 1.807) is 26.0 Å². The van der Waals surface area contributed by atoms with Crippen molar-refractivity contribution in [3.63, 3.8) is 0 Å². The van der Waals surface area contributed by atoms with Gasteiger partial charge in [-0.15, -0.1) is 0 Å². The molecular weight excluding hydrogens is 374 g/mol. The van der Waals surface area contributed by atoms with Gasteiger partial charge in [0.2, 0.25) is 5.75 Å².